The number of aromatic nitrogens is 3. The normalized spacial score (nSPS) is 14.7. The first-order chi connectivity index (χ1) is 28.1. The maximum Gasteiger partial charge on any atom is 0.269 e. The monoisotopic (exact) mass is 773 g/mol. The number of piperidine rings is 1. The fourth-order valence-corrected chi connectivity index (χ4v) is 7.44. The van der Waals surface area contributed by atoms with Crippen LogP contribution in [0.2, 0.25) is 0 Å². The molecule has 0 aliphatic carbocycles. The zero-order valence-corrected chi connectivity index (χ0v) is 32.7. The molecule has 6 aromatic rings. The highest BCUT2D eigenvalue weighted by atomic mass is 16.2. The average molecular weight is 774 g/mol. The number of rotatable bonds is 8. The number of aldehydes is 1. The molecule has 3 aromatic heterocycles. The van der Waals surface area contributed by atoms with Gasteiger partial charge in [0.1, 0.15) is 11.7 Å². The summed E-state index contributed by atoms with van der Waals surface area (Å²) in [5.41, 5.74) is 8.49. The van der Waals surface area contributed by atoms with Gasteiger partial charge in [-0.15, -0.1) is 0 Å². The summed E-state index contributed by atoms with van der Waals surface area (Å²) in [5.74, 6) is 5.09. The summed E-state index contributed by atoms with van der Waals surface area (Å²) in [5, 5.41) is 10.8. The van der Waals surface area contributed by atoms with Gasteiger partial charge in [0.25, 0.3) is 11.8 Å². The van der Waals surface area contributed by atoms with Gasteiger partial charge in [0.2, 0.25) is 11.8 Å². The zero-order chi connectivity index (χ0) is 40.9. The van der Waals surface area contributed by atoms with Gasteiger partial charge in [-0.25, -0.2) is 0 Å². The predicted octanol–water partition coefficient (Wildman–Crippen LogP) is 6.15. The van der Waals surface area contributed by atoms with E-state index in [0.717, 1.165) is 61.5 Å². The number of carbonyl (C=O) groups excluding carboxylic acids is 5. The molecule has 12 heteroatoms. The van der Waals surface area contributed by atoms with Crippen LogP contribution in [0.5, 0.6) is 0 Å². The predicted molar refractivity (Wildman–Crippen MR) is 223 cm³/mol. The summed E-state index contributed by atoms with van der Waals surface area (Å²) in [6.45, 7) is 4.82. The molecule has 1 atom stereocenters. The lowest BCUT2D eigenvalue weighted by Gasteiger charge is -2.29. The van der Waals surface area contributed by atoms with Gasteiger partial charge in [0, 0.05) is 83.1 Å². The number of imide groups is 1. The van der Waals surface area contributed by atoms with Crippen molar-refractivity contribution < 1.29 is 24.0 Å². The van der Waals surface area contributed by atoms with Crippen LogP contribution >= 0.6 is 0 Å². The highest BCUT2D eigenvalue weighted by Gasteiger charge is 2.39. The minimum Gasteiger partial charge on any atom is -0.360 e. The molecular formula is C46H43N7O5. The van der Waals surface area contributed by atoms with Gasteiger partial charge in [-0.2, -0.15) is 0 Å². The minimum absolute atomic E-state index is 0.191. The Morgan fingerprint density at radius 3 is 2.50 bits per heavy atom. The lowest BCUT2D eigenvalue weighted by molar-refractivity contribution is -0.136. The summed E-state index contributed by atoms with van der Waals surface area (Å²) in [4.78, 5) is 75.7. The number of nitrogens with zero attached hydrogens (tertiary/aromatic N) is 3. The molecule has 1 saturated heterocycles. The van der Waals surface area contributed by atoms with Gasteiger partial charge in [-0.3, -0.25) is 39.3 Å². The largest absolute Gasteiger partial charge is 0.360 e. The molecule has 5 heterocycles. The van der Waals surface area contributed by atoms with E-state index in [4.69, 9.17) is 4.98 Å². The topological polar surface area (TPSA) is 166 Å². The highest BCUT2D eigenvalue weighted by Crippen LogP contribution is 2.36. The first-order valence-electron chi connectivity index (χ1n) is 19.2. The Morgan fingerprint density at radius 2 is 1.76 bits per heavy atom. The fourth-order valence-electron chi connectivity index (χ4n) is 7.44. The van der Waals surface area contributed by atoms with Crippen LogP contribution in [0.3, 0.4) is 0 Å². The van der Waals surface area contributed by atoms with Gasteiger partial charge < -0.3 is 20.5 Å². The molecule has 58 heavy (non-hydrogen) atoms. The standard InChI is InChI=1S/C44H36N6O5.C2H7N/c1-25(2)33-17-29(18-34-30(24-51)21-48-41(33)34)31-10-6-9-27-19-38(47-22-35(27)31)28-12-13-37(46-20-28)42(53)45-16-4-3-7-26-8-5-11-32-36(26)23-50(44(32)55)39-14-15-40(52)49-43(39)54;1-3-2/h5-6,8-13,17-22,24-25,39,48H,4,14-16,23H2,1-2H3,(H,45,53)(H,49,52,54);3H,1-2H3. The first-order valence-corrected chi connectivity index (χ1v) is 19.2. The Hall–Kier alpha value is -6.97. The van der Waals surface area contributed by atoms with E-state index in [1.165, 1.54) is 4.90 Å². The number of hydrogen-bond acceptors (Lipinski definition) is 8. The molecule has 0 saturated carbocycles. The van der Waals surface area contributed by atoms with Crippen LogP contribution in [0, 0.1) is 11.8 Å². The number of aromatic amines is 1. The lowest BCUT2D eigenvalue weighted by atomic mass is 9.92. The highest BCUT2D eigenvalue weighted by molar-refractivity contribution is 6.06. The first kappa shape index (κ1) is 39.3. The molecule has 12 nitrogen and oxygen atoms in total. The Bertz CT molecular complexity index is 2650. The van der Waals surface area contributed by atoms with E-state index in [1.54, 1.807) is 30.6 Å². The molecule has 0 radical (unpaired) electrons. The number of H-pyrrole nitrogens is 1. The summed E-state index contributed by atoms with van der Waals surface area (Å²) in [6, 6.07) is 20.5. The van der Waals surface area contributed by atoms with Crippen LogP contribution in [-0.4, -0.2) is 76.4 Å². The van der Waals surface area contributed by atoms with Crippen LogP contribution in [0.1, 0.15) is 86.9 Å². The van der Waals surface area contributed by atoms with Crippen molar-refractivity contribution >= 4 is 51.6 Å². The number of nitrogens with one attached hydrogen (secondary N) is 4. The quantitative estimate of drug-likeness (QED) is 0.0619. The van der Waals surface area contributed by atoms with Crippen LogP contribution < -0.4 is 16.0 Å². The van der Waals surface area contributed by atoms with Crippen molar-refractivity contribution in [1.82, 2.24) is 35.8 Å². The van der Waals surface area contributed by atoms with E-state index >= 15 is 0 Å². The molecule has 4 amide bonds. The summed E-state index contributed by atoms with van der Waals surface area (Å²) in [6.07, 6.45) is 6.99. The number of pyridine rings is 2. The molecule has 2 aliphatic heterocycles. The van der Waals surface area contributed by atoms with Gasteiger partial charge in [0.15, 0.2) is 6.29 Å². The van der Waals surface area contributed by atoms with E-state index in [1.807, 2.05) is 50.6 Å². The van der Waals surface area contributed by atoms with Crippen LogP contribution in [0.25, 0.3) is 44.1 Å². The van der Waals surface area contributed by atoms with E-state index < -0.39 is 11.9 Å². The zero-order valence-electron chi connectivity index (χ0n) is 32.7. The summed E-state index contributed by atoms with van der Waals surface area (Å²) < 4.78 is 0. The van der Waals surface area contributed by atoms with Crippen LogP contribution in [0.4, 0.5) is 0 Å². The van der Waals surface area contributed by atoms with E-state index in [0.29, 0.717) is 36.1 Å². The average Bonchev–Trinajstić information content (AvgIpc) is 3.80. The number of carbonyl (C=O) groups is 5. The fraction of sp³-hybridized carbons (Fsp3) is 0.239. The molecule has 0 bridgehead atoms. The molecule has 292 valence electrons. The van der Waals surface area contributed by atoms with Crippen molar-refractivity contribution in [2.75, 3.05) is 20.6 Å². The van der Waals surface area contributed by atoms with Crippen molar-refractivity contribution in [2.24, 2.45) is 0 Å². The van der Waals surface area contributed by atoms with Crippen molar-refractivity contribution in [3.63, 3.8) is 0 Å². The molecule has 8 rings (SSSR count). The third-order valence-electron chi connectivity index (χ3n) is 10.3. The number of fused-ring (bicyclic) bond motifs is 3. The Balaban J connectivity index is 0.00000166. The smallest absolute Gasteiger partial charge is 0.269 e. The van der Waals surface area contributed by atoms with Crippen molar-refractivity contribution in [1.29, 1.82) is 0 Å². The van der Waals surface area contributed by atoms with Gasteiger partial charge in [-0.1, -0.05) is 50.0 Å². The third kappa shape index (κ3) is 7.85. The van der Waals surface area contributed by atoms with Gasteiger partial charge in [0.05, 0.1) is 5.69 Å². The molecular weight excluding hydrogens is 731 g/mol. The Kier molecular flexibility index (Phi) is 11.5. The SMILES string of the molecule is CC(C)c1cc(-c2cccc3cc(-c4ccc(C(=O)NCCC#Cc5cccc6c5CN(C5CCC(=O)NC5=O)C6=O)nc4)ncc23)cc2c(C=O)c[nH]c12.CNC. The summed E-state index contributed by atoms with van der Waals surface area (Å²) >= 11 is 0. The lowest BCUT2D eigenvalue weighted by Crippen LogP contribution is -2.52. The Labute approximate surface area is 335 Å². The maximum atomic E-state index is 13.1. The summed E-state index contributed by atoms with van der Waals surface area (Å²) in [7, 11) is 3.75. The molecule has 0 spiro atoms. The van der Waals surface area contributed by atoms with Gasteiger partial charge in [-0.05, 0) is 96.5 Å². The number of hydrogen-bond donors (Lipinski definition) is 4. The second kappa shape index (κ2) is 17.0. The maximum absolute atomic E-state index is 13.1. The number of amides is 4. The molecule has 4 N–H and O–H groups in total. The minimum atomic E-state index is -0.691. The van der Waals surface area contributed by atoms with Crippen molar-refractivity contribution in [3.05, 3.63) is 119 Å². The van der Waals surface area contributed by atoms with E-state index in [-0.39, 0.29) is 42.3 Å². The molecule has 1 unspecified atom stereocenters. The third-order valence-corrected chi connectivity index (χ3v) is 10.3. The number of benzene rings is 3. The molecule has 2 aliphatic rings. The van der Waals surface area contributed by atoms with E-state index in [2.05, 4.69) is 69.8 Å². The second-order valence-corrected chi connectivity index (χ2v) is 14.6. The van der Waals surface area contributed by atoms with Crippen molar-refractivity contribution in [2.45, 2.75) is 51.6 Å². The van der Waals surface area contributed by atoms with E-state index in [9.17, 15) is 24.0 Å². The molecule has 3 aromatic carbocycles. The molecule has 1 fully saturated rings. The second-order valence-electron chi connectivity index (χ2n) is 14.6. The Morgan fingerprint density at radius 1 is 0.966 bits per heavy atom. The van der Waals surface area contributed by atoms with Gasteiger partial charge >= 0.3 is 0 Å². The van der Waals surface area contributed by atoms with Crippen LogP contribution in [0.15, 0.2) is 85.3 Å². The van der Waals surface area contributed by atoms with Crippen LogP contribution in [-0.2, 0) is 16.1 Å². The van der Waals surface area contributed by atoms with Crippen molar-refractivity contribution in [3.8, 4) is 34.2 Å².